The van der Waals surface area contributed by atoms with Crippen LogP contribution in [0, 0.1) is 6.92 Å². The van der Waals surface area contributed by atoms with Crippen LogP contribution in [0.3, 0.4) is 0 Å². The van der Waals surface area contributed by atoms with E-state index in [2.05, 4.69) is 56.4 Å². The predicted octanol–water partition coefficient (Wildman–Crippen LogP) is 4.70. The van der Waals surface area contributed by atoms with E-state index in [-0.39, 0.29) is 0 Å². The van der Waals surface area contributed by atoms with Crippen LogP contribution in [0.5, 0.6) is 5.75 Å². The number of rotatable bonds is 8. The summed E-state index contributed by atoms with van der Waals surface area (Å²) in [7, 11) is 0. The van der Waals surface area contributed by atoms with Crippen LogP contribution in [-0.2, 0) is 19.6 Å². The molecule has 0 radical (unpaired) electrons. The maximum Gasteiger partial charge on any atom is 0.119 e. The number of ether oxygens (including phenoxy) is 1. The van der Waals surface area contributed by atoms with Crippen LogP contribution in [-0.4, -0.2) is 6.54 Å². The van der Waals surface area contributed by atoms with Gasteiger partial charge in [0.1, 0.15) is 12.4 Å². The third-order valence-electron chi connectivity index (χ3n) is 3.52. The van der Waals surface area contributed by atoms with Crippen LogP contribution in [0.4, 0.5) is 0 Å². The summed E-state index contributed by atoms with van der Waals surface area (Å²) in [5.74, 6) is 0.948. The van der Waals surface area contributed by atoms with E-state index in [0.717, 1.165) is 25.3 Å². The number of hydrogen-bond acceptors (Lipinski definition) is 3. The molecule has 0 saturated heterocycles. The SMILES string of the molecule is CCCNCc1cc(COc2ccc(CC)cc2)c(C)s1. The number of benzene rings is 1. The van der Waals surface area contributed by atoms with E-state index in [1.165, 1.54) is 27.3 Å². The summed E-state index contributed by atoms with van der Waals surface area (Å²) >= 11 is 1.86. The van der Waals surface area contributed by atoms with Crippen molar-refractivity contribution >= 4 is 11.3 Å². The van der Waals surface area contributed by atoms with Crippen LogP contribution >= 0.6 is 11.3 Å². The molecule has 0 bridgehead atoms. The zero-order chi connectivity index (χ0) is 15.1. The molecule has 0 amide bonds. The van der Waals surface area contributed by atoms with Gasteiger partial charge >= 0.3 is 0 Å². The average molecular weight is 303 g/mol. The summed E-state index contributed by atoms with van der Waals surface area (Å²) in [6.45, 7) is 9.22. The highest BCUT2D eigenvalue weighted by atomic mass is 32.1. The molecule has 0 spiro atoms. The Morgan fingerprint density at radius 1 is 1.14 bits per heavy atom. The zero-order valence-electron chi connectivity index (χ0n) is 13.2. The van der Waals surface area contributed by atoms with Gasteiger partial charge in [-0.2, -0.15) is 0 Å². The molecule has 1 heterocycles. The number of aryl methyl sites for hydroxylation is 2. The highest BCUT2D eigenvalue weighted by Gasteiger charge is 2.06. The molecule has 3 heteroatoms. The van der Waals surface area contributed by atoms with Gasteiger partial charge in [0.05, 0.1) is 0 Å². The van der Waals surface area contributed by atoms with E-state index < -0.39 is 0 Å². The fourth-order valence-electron chi connectivity index (χ4n) is 2.19. The molecule has 1 N–H and O–H groups in total. The maximum atomic E-state index is 5.90. The van der Waals surface area contributed by atoms with Crippen molar-refractivity contribution in [2.45, 2.75) is 46.8 Å². The lowest BCUT2D eigenvalue weighted by molar-refractivity contribution is 0.306. The van der Waals surface area contributed by atoms with Gasteiger partial charge in [0.2, 0.25) is 0 Å². The van der Waals surface area contributed by atoms with Crippen LogP contribution in [0.15, 0.2) is 30.3 Å². The highest BCUT2D eigenvalue weighted by molar-refractivity contribution is 7.12. The third kappa shape index (κ3) is 4.87. The summed E-state index contributed by atoms with van der Waals surface area (Å²) in [5.41, 5.74) is 2.64. The predicted molar refractivity (Wildman–Crippen MR) is 91.2 cm³/mol. The lowest BCUT2D eigenvalue weighted by atomic mass is 10.2. The molecule has 2 nitrogen and oxygen atoms in total. The minimum absolute atomic E-state index is 0.654. The Labute approximate surface area is 132 Å². The van der Waals surface area contributed by atoms with E-state index in [1.54, 1.807) is 0 Å². The van der Waals surface area contributed by atoms with Crippen molar-refractivity contribution in [1.82, 2.24) is 5.32 Å². The van der Waals surface area contributed by atoms with Crippen molar-refractivity contribution in [3.05, 3.63) is 51.2 Å². The van der Waals surface area contributed by atoms with E-state index in [9.17, 15) is 0 Å². The first-order valence-electron chi connectivity index (χ1n) is 7.73. The van der Waals surface area contributed by atoms with Crippen LogP contribution in [0.2, 0.25) is 0 Å². The quantitative estimate of drug-likeness (QED) is 0.714. The molecule has 0 aliphatic carbocycles. The van der Waals surface area contributed by atoms with Gasteiger partial charge in [0.15, 0.2) is 0 Å². The molecule has 0 atom stereocenters. The van der Waals surface area contributed by atoms with Gasteiger partial charge in [-0.3, -0.25) is 0 Å². The molecule has 0 aliphatic heterocycles. The smallest absolute Gasteiger partial charge is 0.119 e. The Hall–Kier alpha value is -1.32. The monoisotopic (exact) mass is 303 g/mol. The fourth-order valence-corrected chi connectivity index (χ4v) is 3.21. The fraction of sp³-hybridized carbons (Fsp3) is 0.444. The van der Waals surface area contributed by atoms with Gasteiger partial charge in [-0.15, -0.1) is 11.3 Å². The Morgan fingerprint density at radius 2 is 1.90 bits per heavy atom. The summed E-state index contributed by atoms with van der Waals surface area (Å²) in [6.07, 6.45) is 2.24. The number of hydrogen-bond donors (Lipinski definition) is 1. The third-order valence-corrected chi connectivity index (χ3v) is 4.62. The molecule has 2 rings (SSSR count). The summed E-state index contributed by atoms with van der Waals surface area (Å²) in [6, 6.07) is 10.7. The molecule has 21 heavy (non-hydrogen) atoms. The first-order valence-corrected chi connectivity index (χ1v) is 8.55. The Balaban J connectivity index is 1.89. The van der Waals surface area contributed by atoms with E-state index in [4.69, 9.17) is 4.74 Å². The van der Waals surface area contributed by atoms with Crippen molar-refractivity contribution in [2.75, 3.05) is 6.54 Å². The summed E-state index contributed by atoms with van der Waals surface area (Å²) < 4.78 is 5.90. The number of thiophene rings is 1. The molecule has 2 aromatic rings. The minimum Gasteiger partial charge on any atom is -0.489 e. The molecule has 0 unspecified atom stereocenters. The molecule has 0 saturated carbocycles. The van der Waals surface area contributed by atoms with E-state index >= 15 is 0 Å². The summed E-state index contributed by atoms with van der Waals surface area (Å²) in [5, 5.41) is 3.45. The summed E-state index contributed by atoms with van der Waals surface area (Å²) in [4.78, 5) is 2.74. The lowest BCUT2D eigenvalue weighted by Gasteiger charge is -2.06. The topological polar surface area (TPSA) is 21.3 Å². The molecular weight excluding hydrogens is 278 g/mol. The average Bonchev–Trinajstić information content (AvgIpc) is 2.86. The molecule has 0 aliphatic rings. The van der Waals surface area contributed by atoms with Crippen molar-refractivity contribution < 1.29 is 4.74 Å². The second-order valence-corrected chi connectivity index (χ2v) is 6.60. The molecule has 0 fully saturated rings. The minimum atomic E-state index is 0.654. The van der Waals surface area contributed by atoms with Crippen molar-refractivity contribution in [3.63, 3.8) is 0 Å². The van der Waals surface area contributed by atoms with E-state index in [1.807, 2.05) is 11.3 Å². The van der Waals surface area contributed by atoms with Crippen molar-refractivity contribution in [3.8, 4) is 5.75 Å². The molecule has 1 aromatic carbocycles. The maximum absolute atomic E-state index is 5.90. The highest BCUT2D eigenvalue weighted by Crippen LogP contribution is 2.23. The largest absolute Gasteiger partial charge is 0.489 e. The normalized spacial score (nSPS) is 10.8. The second kappa shape index (κ2) is 8.20. The van der Waals surface area contributed by atoms with Gasteiger partial charge < -0.3 is 10.1 Å². The Kier molecular flexibility index (Phi) is 6.27. The van der Waals surface area contributed by atoms with Gasteiger partial charge in [0.25, 0.3) is 0 Å². The van der Waals surface area contributed by atoms with Gasteiger partial charge in [-0.1, -0.05) is 26.0 Å². The van der Waals surface area contributed by atoms with Gasteiger partial charge in [0, 0.05) is 21.9 Å². The first-order chi connectivity index (χ1) is 10.2. The molecule has 114 valence electrons. The van der Waals surface area contributed by atoms with Crippen LogP contribution < -0.4 is 10.1 Å². The van der Waals surface area contributed by atoms with E-state index in [0.29, 0.717) is 6.61 Å². The first kappa shape index (κ1) is 16.1. The van der Waals surface area contributed by atoms with Crippen molar-refractivity contribution in [2.24, 2.45) is 0 Å². The zero-order valence-corrected chi connectivity index (χ0v) is 14.1. The van der Waals surface area contributed by atoms with Crippen molar-refractivity contribution in [1.29, 1.82) is 0 Å². The molecule has 1 aromatic heterocycles. The Morgan fingerprint density at radius 3 is 2.57 bits per heavy atom. The van der Waals surface area contributed by atoms with Gasteiger partial charge in [-0.25, -0.2) is 0 Å². The number of nitrogens with one attached hydrogen (secondary N) is 1. The Bertz CT molecular complexity index is 545. The standard InChI is InChI=1S/C18H25NOS/c1-4-10-19-12-18-11-16(14(3)21-18)13-20-17-8-6-15(5-2)7-9-17/h6-9,11,19H,4-5,10,12-13H2,1-3H3. The van der Waals surface area contributed by atoms with Gasteiger partial charge in [-0.05, 0) is 50.1 Å². The molecular formula is C18H25NOS. The van der Waals surface area contributed by atoms with Crippen LogP contribution in [0.1, 0.15) is 41.1 Å². The lowest BCUT2D eigenvalue weighted by Crippen LogP contribution is -2.12. The van der Waals surface area contributed by atoms with Crippen LogP contribution in [0.25, 0.3) is 0 Å². The second-order valence-electron chi connectivity index (χ2n) is 5.26.